The van der Waals surface area contributed by atoms with Gasteiger partial charge in [0.1, 0.15) is 5.76 Å². The molecular formula is C25H33N3O3. The predicted molar refractivity (Wildman–Crippen MR) is 120 cm³/mol. The zero-order valence-electron chi connectivity index (χ0n) is 18.8. The third-order valence-corrected chi connectivity index (χ3v) is 7.83. The van der Waals surface area contributed by atoms with Crippen molar-refractivity contribution in [2.24, 2.45) is 11.3 Å². The van der Waals surface area contributed by atoms with Crippen molar-refractivity contribution >= 4 is 5.91 Å². The molecule has 31 heavy (non-hydrogen) atoms. The molecule has 1 heterocycles. The van der Waals surface area contributed by atoms with Gasteiger partial charge in [-0.2, -0.15) is 0 Å². The number of carbonyl (C=O) groups is 1. The quantitative estimate of drug-likeness (QED) is 0.505. The third kappa shape index (κ3) is 2.99. The Morgan fingerprint density at radius 1 is 1.35 bits per heavy atom. The average molecular weight is 424 g/mol. The first-order valence-corrected chi connectivity index (χ1v) is 11.6. The second kappa shape index (κ2) is 7.59. The van der Waals surface area contributed by atoms with Crippen molar-refractivity contribution in [2.75, 3.05) is 20.3 Å². The number of hydrazine groups is 1. The monoisotopic (exact) mass is 423 g/mol. The smallest absolute Gasteiger partial charge is 0.227 e. The molecule has 4 N–H and O–H groups in total. The fourth-order valence-electron chi connectivity index (χ4n) is 6.39. The van der Waals surface area contributed by atoms with Gasteiger partial charge in [0.2, 0.25) is 5.91 Å². The normalized spacial score (nSPS) is 29.1. The SMILES string of the molecule is CCC1=C2C(O)=CC3=C(NNC4=C3CC3=C4C(C(=O)NCCOC)CC3)C2(C)CCC1. The summed E-state index contributed by atoms with van der Waals surface area (Å²) in [6, 6.07) is 0. The van der Waals surface area contributed by atoms with Crippen molar-refractivity contribution in [2.45, 2.75) is 58.8 Å². The number of ether oxygens (including phenoxy) is 1. The molecule has 5 aliphatic rings. The molecule has 0 bridgehead atoms. The van der Waals surface area contributed by atoms with E-state index < -0.39 is 0 Å². The van der Waals surface area contributed by atoms with Crippen molar-refractivity contribution < 1.29 is 14.6 Å². The van der Waals surface area contributed by atoms with Gasteiger partial charge in [0.25, 0.3) is 0 Å². The Morgan fingerprint density at radius 3 is 2.97 bits per heavy atom. The second-order valence-corrected chi connectivity index (χ2v) is 9.51. The highest BCUT2D eigenvalue weighted by atomic mass is 16.5. The fourth-order valence-corrected chi connectivity index (χ4v) is 6.39. The second-order valence-electron chi connectivity index (χ2n) is 9.51. The maximum atomic E-state index is 12.8. The first kappa shape index (κ1) is 20.4. The lowest BCUT2D eigenvalue weighted by Crippen LogP contribution is -2.46. The van der Waals surface area contributed by atoms with Gasteiger partial charge in [-0.05, 0) is 69.1 Å². The van der Waals surface area contributed by atoms with Crippen LogP contribution in [0.15, 0.2) is 56.7 Å². The molecule has 2 atom stereocenters. The molecule has 0 fully saturated rings. The van der Waals surface area contributed by atoms with Crippen LogP contribution in [-0.4, -0.2) is 31.3 Å². The number of hydrogen-bond donors (Lipinski definition) is 4. The molecule has 0 saturated heterocycles. The van der Waals surface area contributed by atoms with Crippen LogP contribution in [0.1, 0.15) is 58.8 Å². The maximum Gasteiger partial charge on any atom is 0.227 e. The number of methoxy groups -OCH3 is 1. The number of nitrogens with one attached hydrogen (secondary N) is 3. The molecule has 0 aromatic rings. The Balaban J connectivity index is 1.50. The van der Waals surface area contributed by atoms with Crippen LogP contribution in [0.4, 0.5) is 0 Å². The minimum atomic E-state index is -0.201. The minimum Gasteiger partial charge on any atom is -0.508 e. The van der Waals surface area contributed by atoms with Gasteiger partial charge in [-0.15, -0.1) is 0 Å². The number of fused-ring (bicyclic) bond motifs is 4. The van der Waals surface area contributed by atoms with E-state index >= 15 is 0 Å². The van der Waals surface area contributed by atoms with Crippen LogP contribution in [0.25, 0.3) is 0 Å². The summed E-state index contributed by atoms with van der Waals surface area (Å²) in [7, 11) is 1.64. The lowest BCUT2D eigenvalue weighted by atomic mass is 9.64. The van der Waals surface area contributed by atoms with Gasteiger partial charge in [-0.1, -0.05) is 18.1 Å². The van der Waals surface area contributed by atoms with Gasteiger partial charge in [0.05, 0.1) is 18.2 Å². The number of aliphatic hydroxyl groups excluding tert-OH is 1. The van der Waals surface area contributed by atoms with Crippen LogP contribution in [0.2, 0.25) is 0 Å². The van der Waals surface area contributed by atoms with Crippen molar-refractivity contribution in [1.82, 2.24) is 16.2 Å². The van der Waals surface area contributed by atoms with Gasteiger partial charge < -0.3 is 26.0 Å². The molecule has 5 rings (SSSR count). The average Bonchev–Trinajstić information content (AvgIpc) is 3.33. The highest BCUT2D eigenvalue weighted by molar-refractivity contribution is 5.85. The summed E-state index contributed by atoms with van der Waals surface area (Å²) in [5.74, 6) is 0.384. The summed E-state index contributed by atoms with van der Waals surface area (Å²) in [5, 5.41) is 14.1. The van der Waals surface area contributed by atoms with E-state index in [1.54, 1.807) is 7.11 Å². The van der Waals surface area contributed by atoms with Crippen molar-refractivity contribution in [1.29, 1.82) is 0 Å². The maximum absolute atomic E-state index is 12.8. The van der Waals surface area contributed by atoms with Crippen molar-refractivity contribution in [3.63, 3.8) is 0 Å². The molecule has 4 aliphatic carbocycles. The van der Waals surface area contributed by atoms with Crippen LogP contribution in [0, 0.1) is 11.3 Å². The van der Waals surface area contributed by atoms with Crippen LogP contribution in [-0.2, 0) is 9.53 Å². The van der Waals surface area contributed by atoms with Crippen LogP contribution in [0.5, 0.6) is 0 Å². The first-order chi connectivity index (χ1) is 15.0. The van der Waals surface area contributed by atoms with E-state index in [-0.39, 0.29) is 17.2 Å². The molecule has 0 aromatic carbocycles. The Labute approximate surface area is 184 Å². The van der Waals surface area contributed by atoms with E-state index in [4.69, 9.17) is 4.74 Å². The molecule has 0 saturated carbocycles. The highest BCUT2D eigenvalue weighted by Gasteiger charge is 2.47. The molecule has 1 aliphatic heterocycles. The third-order valence-electron chi connectivity index (χ3n) is 7.83. The standard InChI is InChI=1S/C25H33N3O3/c1-4-14-6-5-9-25(2)21(14)19(29)13-18-17-12-15-7-8-16(24(30)26-10-11-31-3)20(15)22(17)27-28-23(18)25/h13,16,27-29H,4-12H2,1-3H3,(H,26,30). The summed E-state index contributed by atoms with van der Waals surface area (Å²) in [6.07, 6.45) is 8.84. The van der Waals surface area contributed by atoms with E-state index in [1.165, 1.54) is 22.4 Å². The van der Waals surface area contributed by atoms with E-state index in [9.17, 15) is 9.90 Å². The molecule has 2 unspecified atom stereocenters. The number of hydrogen-bond acceptors (Lipinski definition) is 5. The topological polar surface area (TPSA) is 82.6 Å². The summed E-state index contributed by atoms with van der Waals surface area (Å²) in [5.41, 5.74) is 16.4. The van der Waals surface area contributed by atoms with Crippen molar-refractivity contribution in [3.8, 4) is 0 Å². The molecule has 1 amide bonds. The number of allylic oxidation sites excluding steroid dienone is 8. The number of rotatable bonds is 5. The van der Waals surface area contributed by atoms with E-state index in [0.29, 0.717) is 18.9 Å². The first-order valence-electron chi connectivity index (χ1n) is 11.6. The van der Waals surface area contributed by atoms with Gasteiger partial charge >= 0.3 is 0 Å². The van der Waals surface area contributed by atoms with Gasteiger partial charge in [0.15, 0.2) is 0 Å². The highest BCUT2D eigenvalue weighted by Crippen LogP contribution is 2.56. The van der Waals surface area contributed by atoms with Gasteiger partial charge in [0, 0.05) is 35.9 Å². The van der Waals surface area contributed by atoms with Crippen LogP contribution >= 0.6 is 0 Å². The Bertz CT molecular complexity index is 997. The van der Waals surface area contributed by atoms with E-state index in [2.05, 4.69) is 30.0 Å². The summed E-state index contributed by atoms with van der Waals surface area (Å²) < 4.78 is 5.07. The Hall–Kier alpha value is -2.47. The summed E-state index contributed by atoms with van der Waals surface area (Å²) in [6.45, 7) is 5.50. The molecule has 0 spiro atoms. The zero-order chi connectivity index (χ0) is 21.8. The largest absolute Gasteiger partial charge is 0.508 e. The number of aliphatic hydroxyl groups is 1. The Morgan fingerprint density at radius 2 is 2.19 bits per heavy atom. The molecule has 6 heteroatoms. The number of carbonyl (C=O) groups excluding carboxylic acids is 1. The van der Waals surface area contributed by atoms with Gasteiger partial charge in [-0.3, -0.25) is 4.79 Å². The van der Waals surface area contributed by atoms with Gasteiger partial charge in [-0.25, -0.2) is 0 Å². The molecule has 166 valence electrons. The van der Waals surface area contributed by atoms with E-state index in [0.717, 1.165) is 67.4 Å². The summed E-state index contributed by atoms with van der Waals surface area (Å²) >= 11 is 0. The van der Waals surface area contributed by atoms with Crippen molar-refractivity contribution in [3.05, 3.63) is 56.7 Å². The lowest BCUT2D eigenvalue weighted by molar-refractivity contribution is -0.124. The molecule has 6 nitrogen and oxygen atoms in total. The summed E-state index contributed by atoms with van der Waals surface area (Å²) in [4.78, 5) is 12.8. The molecular weight excluding hydrogens is 390 g/mol. The van der Waals surface area contributed by atoms with E-state index in [1.807, 2.05) is 6.08 Å². The van der Waals surface area contributed by atoms with Crippen LogP contribution in [0.3, 0.4) is 0 Å². The Kier molecular flexibility index (Phi) is 5.00. The molecule has 0 radical (unpaired) electrons. The zero-order valence-corrected chi connectivity index (χ0v) is 18.8. The number of amides is 1. The lowest BCUT2D eigenvalue weighted by Gasteiger charge is -2.45. The minimum absolute atomic E-state index is 0.0801. The fraction of sp³-hybridized carbons (Fsp3) is 0.560. The van der Waals surface area contributed by atoms with Crippen LogP contribution < -0.4 is 16.2 Å². The molecule has 0 aromatic heterocycles. The predicted octanol–water partition coefficient (Wildman–Crippen LogP) is 3.83.